The normalized spacial score (nSPS) is 24.9. The van der Waals surface area contributed by atoms with Crippen LogP contribution in [-0.4, -0.2) is 93.8 Å². The largest absolute Gasteiger partial charge is 0.481 e. The number of cyclic esters (lactones) is 2. The SMILES string of the molecule is CC1C(=O)OC(=O)C1C.CC1CC(=O)N(CCCO)C1=O.CC1CC(=O)N(CCCOC(=O)C(C)C(C)C(=O)O)C1=O. The highest BCUT2D eigenvalue weighted by atomic mass is 16.6. The summed E-state index contributed by atoms with van der Waals surface area (Å²) in [5.74, 6) is -5.56. The molecule has 0 aromatic rings. The van der Waals surface area contributed by atoms with E-state index in [1.807, 2.05) is 0 Å². The van der Waals surface area contributed by atoms with Gasteiger partial charge in [0.25, 0.3) is 0 Å². The molecule has 0 saturated carbocycles. The minimum absolute atomic E-state index is 0.0193. The molecule has 4 amide bonds. The first kappa shape index (κ1) is 36.3. The molecule has 3 aliphatic heterocycles. The zero-order valence-corrected chi connectivity index (χ0v) is 25.0. The molecule has 3 aliphatic rings. The Morgan fingerprint density at radius 2 is 1.24 bits per heavy atom. The van der Waals surface area contributed by atoms with Crippen molar-refractivity contribution in [3.63, 3.8) is 0 Å². The Morgan fingerprint density at radius 1 is 0.810 bits per heavy atom. The van der Waals surface area contributed by atoms with Gasteiger partial charge in [-0.25, -0.2) is 0 Å². The fourth-order valence-electron chi connectivity index (χ4n) is 4.03. The second-order valence-electron chi connectivity index (χ2n) is 10.8. The van der Waals surface area contributed by atoms with E-state index < -0.39 is 35.7 Å². The highest BCUT2D eigenvalue weighted by Gasteiger charge is 2.38. The van der Waals surface area contributed by atoms with Crippen LogP contribution in [0.25, 0.3) is 0 Å². The van der Waals surface area contributed by atoms with Gasteiger partial charge in [-0.05, 0) is 12.8 Å². The number of likely N-dealkylation sites (tertiary alicyclic amines) is 2. The highest BCUT2D eigenvalue weighted by Crippen LogP contribution is 2.22. The van der Waals surface area contributed by atoms with Gasteiger partial charge in [0, 0.05) is 44.4 Å². The summed E-state index contributed by atoms with van der Waals surface area (Å²) in [6, 6.07) is 0. The van der Waals surface area contributed by atoms with E-state index in [4.69, 9.17) is 14.9 Å². The first-order valence-electron chi connectivity index (χ1n) is 14.0. The number of hydrogen-bond acceptors (Lipinski definition) is 11. The Bertz CT molecular complexity index is 1040. The van der Waals surface area contributed by atoms with Gasteiger partial charge in [-0.2, -0.15) is 0 Å². The van der Waals surface area contributed by atoms with Crippen LogP contribution < -0.4 is 0 Å². The van der Waals surface area contributed by atoms with Crippen molar-refractivity contribution in [2.24, 2.45) is 35.5 Å². The van der Waals surface area contributed by atoms with E-state index in [0.29, 0.717) is 25.8 Å². The molecular weight excluding hydrogens is 556 g/mol. The lowest BCUT2D eigenvalue weighted by molar-refractivity contribution is -0.156. The molecule has 0 spiro atoms. The Hall–Kier alpha value is -3.68. The summed E-state index contributed by atoms with van der Waals surface area (Å²) >= 11 is 0. The number of amides is 4. The second-order valence-corrected chi connectivity index (χ2v) is 10.8. The molecule has 6 unspecified atom stereocenters. The molecule has 3 rings (SSSR count). The third-order valence-electron chi connectivity index (χ3n) is 7.46. The molecule has 42 heavy (non-hydrogen) atoms. The summed E-state index contributed by atoms with van der Waals surface area (Å²) in [7, 11) is 0. The number of carbonyl (C=O) groups is 8. The predicted octanol–water partition coefficient (Wildman–Crippen LogP) is 0.777. The van der Waals surface area contributed by atoms with Crippen LogP contribution in [0, 0.1) is 35.5 Å². The average molecular weight is 599 g/mol. The Balaban J connectivity index is 0.000000351. The summed E-state index contributed by atoms with van der Waals surface area (Å²) in [5.41, 5.74) is 0. The highest BCUT2D eigenvalue weighted by molar-refractivity contribution is 6.03. The smallest absolute Gasteiger partial charge is 0.317 e. The quantitative estimate of drug-likeness (QED) is 0.155. The van der Waals surface area contributed by atoms with Gasteiger partial charge >= 0.3 is 23.9 Å². The lowest BCUT2D eigenvalue weighted by Gasteiger charge is -2.16. The Morgan fingerprint density at radius 3 is 1.55 bits per heavy atom. The number of nitrogens with zero attached hydrogens (tertiary/aromatic N) is 2. The number of esters is 3. The van der Waals surface area contributed by atoms with E-state index in [9.17, 15) is 38.4 Å². The van der Waals surface area contributed by atoms with Crippen LogP contribution in [0.4, 0.5) is 0 Å². The molecule has 6 atom stereocenters. The van der Waals surface area contributed by atoms with E-state index in [-0.39, 0.29) is 73.5 Å². The molecule has 0 aromatic carbocycles. The van der Waals surface area contributed by atoms with Crippen LogP contribution in [0.1, 0.15) is 67.2 Å². The molecule has 3 fully saturated rings. The number of rotatable bonds is 10. The number of carboxylic acids is 1. The number of carboxylic acid groups (broad SMARTS) is 1. The molecule has 0 aromatic heterocycles. The number of imide groups is 2. The average Bonchev–Trinajstić information content (AvgIpc) is 3.43. The molecule has 14 nitrogen and oxygen atoms in total. The van der Waals surface area contributed by atoms with Crippen molar-refractivity contribution in [2.45, 2.75) is 67.2 Å². The van der Waals surface area contributed by atoms with Gasteiger partial charge in [0.15, 0.2) is 0 Å². The minimum atomic E-state index is -1.05. The zero-order valence-electron chi connectivity index (χ0n) is 25.0. The monoisotopic (exact) mass is 598 g/mol. The molecule has 3 saturated heterocycles. The standard InChI is InChI=1S/C14H21NO6.C8H13NO3.C6H8O3/c1-8-7-11(16)15(12(8)17)5-4-6-21-14(20)10(3)9(2)13(18)19;1-6-5-7(11)9(8(6)12)3-2-4-10;1-3-4(2)6(8)9-5(3)7/h8-10H,4-7H2,1-3H3,(H,18,19);6,10H,2-5H2,1H3;3-4H,1-2H3. The zero-order chi connectivity index (χ0) is 32.3. The van der Waals surface area contributed by atoms with Gasteiger partial charge < -0.3 is 19.7 Å². The molecule has 14 heteroatoms. The summed E-state index contributed by atoms with van der Waals surface area (Å²) in [6.07, 6.45) is 1.38. The molecule has 2 N–H and O–H groups in total. The van der Waals surface area contributed by atoms with E-state index in [1.165, 1.54) is 23.6 Å². The first-order chi connectivity index (χ1) is 19.5. The maximum absolute atomic E-state index is 11.6. The molecule has 0 bridgehead atoms. The lowest BCUT2D eigenvalue weighted by atomic mass is 9.96. The minimum Gasteiger partial charge on any atom is -0.481 e. The van der Waals surface area contributed by atoms with E-state index in [1.54, 1.807) is 27.7 Å². The Kier molecular flexibility index (Phi) is 14.4. The summed E-state index contributed by atoms with van der Waals surface area (Å²) in [5, 5.41) is 17.3. The maximum atomic E-state index is 11.6. The van der Waals surface area contributed by atoms with Crippen LogP contribution >= 0.6 is 0 Å². The van der Waals surface area contributed by atoms with Crippen molar-refractivity contribution in [1.82, 2.24) is 9.80 Å². The second kappa shape index (κ2) is 16.7. The number of aliphatic hydroxyl groups excluding tert-OH is 1. The predicted molar refractivity (Wildman–Crippen MR) is 144 cm³/mol. The van der Waals surface area contributed by atoms with Crippen molar-refractivity contribution in [3.8, 4) is 0 Å². The van der Waals surface area contributed by atoms with Crippen molar-refractivity contribution in [3.05, 3.63) is 0 Å². The van der Waals surface area contributed by atoms with Crippen molar-refractivity contribution < 1.29 is 58.0 Å². The van der Waals surface area contributed by atoms with Crippen LogP contribution in [0.3, 0.4) is 0 Å². The summed E-state index contributed by atoms with van der Waals surface area (Å²) < 4.78 is 9.29. The fraction of sp³-hybridized carbons (Fsp3) is 0.714. The van der Waals surface area contributed by atoms with Crippen molar-refractivity contribution in [1.29, 1.82) is 0 Å². The van der Waals surface area contributed by atoms with Crippen molar-refractivity contribution in [2.75, 3.05) is 26.3 Å². The van der Waals surface area contributed by atoms with Gasteiger partial charge in [0.05, 0.1) is 30.3 Å². The third kappa shape index (κ3) is 10.00. The van der Waals surface area contributed by atoms with Crippen molar-refractivity contribution >= 4 is 47.5 Å². The molecule has 0 aliphatic carbocycles. The van der Waals surface area contributed by atoms with Gasteiger partial charge in [-0.3, -0.25) is 48.2 Å². The fourth-order valence-corrected chi connectivity index (χ4v) is 4.03. The van der Waals surface area contributed by atoms with Gasteiger partial charge in [0.2, 0.25) is 23.6 Å². The summed E-state index contributed by atoms with van der Waals surface area (Å²) in [6.45, 7) is 10.4. The maximum Gasteiger partial charge on any atom is 0.317 e. The lowest BCUT2D eigenvalue weighted by Crippen LogP contribution is -2.32. The number of aliphatic carboxylic acids is 1. The third-order valence-corrected chi connectivity index (χ3v) is 7.46. The van der Waals surface area contributed by atoms with Gasteiger partial charge in [-0.1, -0.05) is 41.5 Å². The summed E-state index contributed by atoms with van der Waals surface area (Å²) in [4.78, 5) is 91.5. The number of ether oxygens (including phenoxy) is 2. The molecule has 3 heterocycles. The van der Waals surface area contributed by atoms with Crippen LogP contribution in [0.15, 0.2) is 0 Å². The van der Waals surface area contributed by atoms with Crippen LogP contribution in [0.2, 0.25) is 0 Å². The molecule has 0 radical (unpaired) electrons. The van der Waals surface area contributed by atoms with Gasteiger partial charge in [-0.15, -0.1) is 0 Å². The number of carbonyl (C=O) groups excluding carboxylic acids is 7. The molecule has 236 valence electrons. The number of aliphatic hydroxyl groups is 1. The van der Waals surface area contributed by atoms with E-state index in [0.717, 1.165) is 0 Å². The van der Waals surface area contributed by atoms with Crippen LogP contribution in [-0.2, 0) is 47.8 Å². The number of hydrogen-bond donors (Lipinski definition) is 2. The van der Waals surface area contributed by atoms with E-state index >= 15 is 0 Å². The first-order valence-corrected chi connectivity index (χ1v) is 14.0. The van der Waals surface area contributed by atoms with Crippen LogP contribution in [0.5, 0.6) is 0 Å². The topological polar surface area (TPSA) is 202 Å². The van der Waals surface area contributed by atoms with E-state index in [2.05, 4.69) is 4.74 Å². The van der Waals surface area contributed by atoms with Gasteiger partial charge in [0.1, 0.15) is 0 Å². The Labute approximate surface area is 244 Å². The molecular formula is C28H42N2O12.